The first-order chi connectivity index (χ1) is 8.52. The van der Waals surface area contributed by atoms with Crippen molar-refractivity contribution in [2.75, 3.05) is 0 Å². The van der Waals surface area contributed by atoms with E-state index in [2.05, 4.69) is 23.9 Å². The van der Waals surface area contributed by atoms with E-state index in [1.807, 2.05) is 0 Å². The standard InChI is InChI=1S/C14H9F3N.Y/c1-3-9-4-5-13(18-8(9)2)10-6-11(15)14(17)12(16)7-10;/h1,6-7,9,18H,2,4H2;/q-1;. The van der Waals surface area contributed by atoms with Crippen molar-refractivity contribution in [3.63, 3.8) is 0 Å². The van der Waals surface area contributed by atoms with E-state index in [-0.39, 0.29) is 44.2 Å². The summed E-state index contributed by atoms with van der Waals surface area (Å²) in [5, 5.41) is 2.82. The van der Waals surface area contributed by atoms with Crippen LogP contribution in [0, 0.1) is 41.8 Å². The zero-order valence-corrected chi connectivity index (χ0v) is 12.8. The quantitative estimate of drug-likeness (QED) is 0.472. The largest absolute Gasteiger partial charge is 0.393 e. The number of nitrogens with one attached hydrogen (secondary N) is 1. The minimum absolute atomic E-state index is 0. The molecule has 1 N–H and O–H groups in total. The van der Waals surface area contributed by atoms with E-state index < -0.39 is 17.5 Å². The van der Waals surface area contributed by atoms with Gasteiger partial charge in [0.05, 0.1) is 0 Å². The second kappa shape index (κ2) is 6.41. The minimum Gasteiger partial charge on any atom is -0.393 e. The zero-order valence-electron chi connectivity index (χ0n) is 9.93. The molecule has 0 bridgehead atoms. The molecular weight excluding hydrogens is 328 g/mol. The van der Waals surface area contributed by atoms with E-state index >= 15 is 0 Å². The van der Waals surface area contributed by atoms with Crippen LogP contribution in [0.1, 0.15) is 12.0 Å². The van der Waals surface area contributed by atoms with Gasteiger partial charge >= 0.3 is 0 Å². The van der Waals surface area contributed by atoms with E-state index in [1.165, 1.54) is 0 Å². The molecular formula is C14H9F3NY-. The maximum atomic E-state index is 13.1. The summed E-state index contributed by atoms with van der Waals surface area (Å²) in [6.07, 6.45) is 8.56. The van der Waals surface area contributed by atoms with Gasteiger partial charge in [-0.3, -0.25) is 0 Å². The molecule has 0 aromatic heterocycles. The van der Waals surface area contributed by atoms with Crippen molar-refractivity contribution in [1.29, 1.82) is 0 Å². The van der Waals surface area contributed by atoms with Crippen molar-refractivity contribution in [3.8, 4) is 12.3 Å². The summed E-state index contributed by atoms with van der Waals surface area (Å²) in [4.78, 5) is 0. The van der Waals surface area contributed by atoms with E-state index in [0.29, 0.717) is 17.8 Å². The first-order valence-corrected chi connectivity index (χ1v) is 5.20. The Labute approximate surface area is 134 Å². The molecule has 1 aliphatic rings. The van der Waals surface area contributed by atoms with Crippen LogP contribution in [0.15, 0.2) is 24.4 Å². The monoisotopic (exact) mass is 337 g/mol. The maximum Gasteiger partial charge on any atom is 0.191 e. The van der Waals surface area contributed by atoms with Crippen LogP contribution in [0.5, 0.6) is 0 Å². The summed E-state index contributed by atoms with van der Waals surface area (Å²) in [6, 6.07) is 1.80. The third-order valence-corrected chi connectivity index (χ3v) is 2.66. The second-order valence-corrected chi connectivity index (χ2v) is 3.88. The van der Waals surface area contributed by atoms with Gasteiger partial charge in [-0.15, -0.1) is 17.7 Å². The Kier molecular flexibility index (Phi) is 5.40. The van der Waals surface area contributed by atoms with Crippen LogP contribution in [0.3, 0.4) is 0 Å². The van der Waals surface area contributed by atoms with Gasteiger partial charge in [-0.2, -0.15) is 0 Å². The van der Waals surface area contributed by atoms with Crippen LogP contribution in [-0.2, 0) is 32.7 Å². The predicted octanol–water partition coefficient (Wildman–Crippen LogP) is 3.00. The average molecular weight is 337 g/mol. The summed E-state index contributed by atoms with van der Waals surface area (Å²) in [5.74, 6) is -1.67. The molecule has 0 amide bonds. The van der Waals surface area contributed by atoms with Gasteiger partial charge in [0.2, 0.25) is 0 Å². The van der Waals surface area contributed by atoms with Crippen molar-refractivity contribution in [2.45, 2.75) is 6.42 Å². The molecule has 2 rings (SSSR count). The fraction of sp³-hybridized carbons (Fsp3) is 0.143. The second-order valence-electron chi connectivity index (χ2n) is 3.88. The van der Waals surface area contributed by atoms with Gasteiger partial charge in [0, 0.05) is 44.3 Å². The number of terminal acetylenes is 1. The van der Waals surface area contributed by atoms with Gasteiger partial charge in [-0.1, -0.05) is 31.1 Å². The number of hydrogen-bond acceptors (Lipinski definition) is 1. The summed E-state index contributed by atoms with van der Waals surface area (Å²) in [7, 11) is 0. The van der Waals surface area contributed by atoms with Gasteiger partial charge < -0.3 is 5.32 Å². The fourth-order valence-corrected chi connectivity index (χ4v) is 1.65. The molecule has 1 atom stereocenters. The summed E-state index contributed by atoms with van der Waals surface area (Å²) >= 11 is 0. The molecule has 1 nitrogen and oxygen atoms in total. The molecule has 0 saturated heterocycles. The summed E-state index contributed by atoms with van der Waals surface area (Å²) in [5.41, 5.74) is 1.07. The van der Waals surface area contributed by atoms with Crippen LogP contribution >= 0.6 is 0 Å². The summed E-state index contributed by atoms with van der Waals surface area (Å²) in [6.45, 7) is 3.73. The predicted molar refractivity (Wildman–Crippen MR) is 62.2 cm³/mol. The van der Waals surface area contributed by atoms with Gasteiger partial charge in [-0.05, 0) is 0 Å². The normalized spacial score (nSPS) is 17.9. The third kappa shape index (κ3) is 3.29. The molecule has 95 valence electrons. The average Bonchev–Trinajstić information content (AvgIpc) is 2.35. The van der Waals surface area contributed by atoms with Crippen molar-refractivity contribution in [1.82, 2.24) is 5.32 Å². The van der Waals surface area contributed by atoms with Crippen LogP contribution in [-0.4, -0.2) is 0 Å². The molecule has 1 aromatic carbocycles. The molecule has 0 aliphatic carbocycles. The van der Waals surface area contributed by atoms with Crippen molar-refractivity contribution < 1.29 is 45.9 Å². The van der Waals surface area contributed by atoms with Gasteiger partial charge in [0.1, 0.15) is 11.6 Å². The summed E-state index contributed by atoms with van der Waals surface area (Å²) < 4.78 is 39.0. The molecule has 0 fully saturated rings. The Morgan fingerprint density at radius 1 is 1.32 bits per heavy atom. The number of halogens is 3. The minimum atomic E-state index is -1.49. The van der Waals surface area contributed by atoms with Crippen molar-refractivity contribution in [3.05, 3.63) is 53.5 Å². The topological polar surface area (TPSA) is 12.0 Å². The van der Waals surface area contributed by atoms with E-state index in [9.17, 15) is 13.2 Å². The van der Waals surface area contributed by atoms with Crippen molar-refractivity contribution in [2.24, 2.45) is 5.92 Å². The first kappa shape index (κ1) is 16.0. The van der Waals surface area contributed by atoms with Gasteiger partial charge in [-0.25, -0.2) is 19.2 Å². The van der Waals surface area contributed by atoms with Gasteiger partial charge in [0.15, 0.2) is 5.82 Å². The molecule has 1 unspecified atom stereocenters. The Hall–Kier alpha value is -1.05. The van der Waals surface area contributed by atoms with E-state index in [1.54, 1.807) is 0 Å². The number of benzene rings is 1. The van der Waals surface area contributed by atoms with E-state index in [4.69, 9.17) is 6.42 Å². The SMILES string of the molecule is C#CC1C[C-]=C(c2cc(F)c(F)c(F)c2)NC1=C.[Y]. The number of hydrogen-bond donors (Lipinski definition) is 1. The molecule has 1 aromatic rings. The molecule has 1 heterocycles. The Bertz CT molecular complexity index is 564. The molecule has 0 saturated carbocycles. The maximum absolute atomic E-state index is 13.1. The zero-order chi connectivity index (χ0) is 13.3. The van der Waals surface area contributed by atoms with Crippen LogP contribution in [0.2, 0.25) is 0 Å². The van der Waals surface area contributed by atoms with E-state index in [0.717, 1.165) is 12.1 Å². The molecule has 0 spiro atoms. The Morgan fingerprint density at radius 2 is 1.89 bits per heavy atom. The van der Waals surface area contributed by atoms with Gasteiger partial charge in [0.25, 0.3) is 0 Å². The third-order valence-electron chi connectivity index (χ3n) is 2.66. The fourth-order valence-electron chi connectivity index (χ4n) is 1.65. The molecule has 5 heteroatoms. The Balaban J connectivity index is 0.00000180. The molecule has 1 aliphatic heterocycles. The van der Waals surface area contributed by atoms with Crippen LogP contribution in [0.4, 0.5) is 13.2 Å². The van der Waals surface area contributed by atoms with Crippen LogP contribution < -0.4 is 5.32 Å². The Morgan fingerprint density at radius 3 is 2.37 bits per heavy atom. The number of rotatable bonds is 1. The molecule has 19 heavy (non-hydrogen) atoms. The number of allylic oxidation sites excluding steroid dienone is 2. The first-order valence-electron chi connectivity index (χ1n) is 5.20. The van der Waals surface area contributed by atoms with Crippen LogP contribution in [0.25, 0.3) is 5.70 Å². The van der Waals surface area contributed by atoms with Crippen molar-refractivity contribution >= 4 is 5.70 Å². The smallest absolute Gasteiger partial charge is 0.191 e. The molecule has 1 radical (unpaired) electrons.